The van der Waals surface area contributed by atoms with Gasteiger partial charge in [0.15, 0.2) is 0 Å². The smallest absolute Gasteiger partial charge is 0.0360 e. The van der Waals surface area contributed by atoms with E-state index >= 15 is 0 Å². The summed E-state index contributed by atoms with van der Waals surface area (Å²) in [7, 11) is 0. The standard InChI is InChI=1S/C18H19N/c1-2-7-13(8-3-1)17-14-9-4-5-10-15(14)18-16(17)11-6-12-19-18/h1-5,7-10,16-19H,6,11-12H2/t16-,17+,18+/m0/s1. The first kappa shape index (κ1) is 11.2. The molecule has 2 aromatic rings. The van der Waals surface area contributed by atoms with E-state index in [-0.39, 0.29) is 0 Å². The highest BCUT2D eigenvalue weighted by Crippen LogP contribution is 2.51. The molecule has 1 aliphatic heterocycles. The van der Waals surface area contributed by atoms with Crippen molar-refractivity contribution in [1.82, 2.24) is 5.32 Å². The molecular weight excluding hydrogens is 230 g/mol. The first-order chi connectivity index (χ1) is 9.45. The fourth-order valence-corrected chi connectivity index (χ4v) is 4.01. The van der Waals surface area contributed by atoms with E-state index in [4.69, 9.17) is 0 Å². The molecule has 1 nitrogen and oxygen atoms in total. The van der Waals surface area contributed by atoms with Gasteiger partial charge in [-0.25, -0.2) is 0 Å². The highest BCUT2D eigenvalue weighted by atomic mass is 14.9. The second kappa shape index (κ2) is 4.50. The number of hydrogen-bond donors (Lipinski definition) is 1. The van der Waals surface area contributed by atoms with Gasteiger partial charge in [0.2, 0.25) is 0 Å². The van der Waals surface area contributed by atoms with Crippen molar-refractivity contribution in [3.8, 4) is 0 Å². The average Bonchev–Trinajstić information content (AvgIpc) is 2.83. The molecule has 1 N–H and O–H groups in total. The Morgan fingerprint density at radius 3 is 2.42 bits per heavy atom. The van der Waals surface area contributed by atoms with E-state index in [0.717, 1.165) is 12.5 Å². The van der Waals surface area contributed by atoms with Crippen molar-refractivity contribution in [1.29, 1.82) is 0 Å². The van der Waals surface area contributed by atoms with E-state index in [9.17, 15) is 0 Å². The molecule has 0 spiro atoms. The van der Waals surface area contributed by atoms with Crippen LogP contribution in [0.1, 0.15) is 41.5 Å². The van der Waals surface area contributed by atoms with Crippen LogP contribution in [0, 0.1) is 5.92 Å². The molecule has 0 unspecified atom stereocenters. The van der Waals surface area contributed by atoms with E-state index in [1.807, 2.05) is 0 Å². The molecule has 1 aliphatic carbocycles. The maximum Gasteiger partial charge on any atom is 0.0360 e. The summed E-state index contributed by atoms with van der Waals surface area (Å²) in [5.74, 6) is 1.31. The van der Waals surface area contributed by atoms with E-state index < -0.39 is 0 Å². The van der Waals surface area contributed by atoms with Gasteiger partial charge in [-0.15, -0.1) is 0 Å². The summed E-state index contributed by atoms with van der Waals surface area (Å²) in [4.78, 5) is 0. The summed E-state index contributed by atoms with van der Waals surface area (Å²) in [6.45, 7) is 1.16. The van der Waals surface area contributed by atoms with E-state index in [1.165, 1.54) is 29.5 Å². The number of benzene rings is 2. The summed E-state index contributed by atoms with van der Waals surface area (Å²) in [6, 6.07) is 20.6. The highest BCUT2D eigenvalue weighted by Gasteiger charge is 2.41. The zero-order valence-corrected chi connectivity index (χ0v) is 11.0. The van der Waals surface area contributed by atoms with Gasteiger partial charge in [-0.2, -0.15) is 0 Å². The number of fused-ring (bicyclic) bond motifs is 3. The molecule has 1 fully saturated rings. The molecule has 19 heavy (non-hydrogen) atoms. The number of nitrogens with one attached hydrogen (secondary N) is 1. The van der Waals surface area contributed by atoms with Crippen molar-refractivity contribution in [2.24, 2.45) is 5.92 Å². The fourth-order valence-electron chi connectivity index (χ4n) is 4.01. The molecule has 1 saturated heterocycles. The van der Waals surface area contributed by atoms with Gasteiger partial charge in [-0.05, 0) is 42.0 Å². The van der Waals surface area contributed by atoms with Crippen LogP contribution >= 0.6 is 0 Å². The van der Waals surface area contributed by atoms with Crippen molar-refractivity contribution in [2.45, 2.75) is 24.8 Å². The molecule has 0 aromatic heterocycles. The number of hydrogen-bond acceptors (Lipinski definition) is 1. The molecule has 2 aliphatic rings. The largest absolute Gasteiger partial charge is 0.310 e. The number of rotatable bonds is 1. The van der Waals surface area contributed by atoms with Gasteiger partial charge in [0, 0.05) is 12.0 Å². The third kappa shape index (κ3) is 1.73. The Hall–Kier alpha value is -1.60. The third-order valence-electron chi connectivity index (χ3n) is 4.76. The van der Waals surface area contributed by atoms with Crippen molar-refractivity contribution in [3.05, 3.63) is 71.3 Å². The van der Waals surface area contributed by atoms with Gasteiger partial charge < -0.3 is 5.32 Å². The highest BCUT2D eigenvalue weighted by molar-refractivity contribution is 5.46. The van der Waals surface area contributed by atoms with E-state index in [0.29, 0.717) is 12.0 Å². The van der Waals surface area contributed by atoms with Crippen LogP contribution < -0.4 is 5.32 Å². The van der Waals surface area contributed by atoms with Gasteiger partial charge >= 0.3 is 0 Å². The molecule has 1 heterocycles. The Morgan fingerprint density at radius 2 is 1.58 bits per heavy atom. The van der Waals surface area contributed by atoms with Crippen LogP contribution in [0.5, 0.6) is 0 Å². The summed E-state index contributed by atoms with van der Waals surface area (Å²) >= 11 is 0. The molecule has 0 radical (unpaired) electrons. The van der Waals surface area contributed by atoms with Gasteiger partial charge in [-0.3, -0.25) is 0 Å². The molecule has 0 bridgehead atoms. The molecule has 3 atom stereocenters. The van der Waals surface area contributed by atoms with Crippen LogP contribution in [0.4, 0.5) is 0 Å². The van der Waals surface area contributed by atoms with Gasteiger partial charge in [0.25, 0.3) is 0 Å². The monoisotopic (exact) mass is 249 g/mol. The van der Waals surface area contributed by atoms with E-state index in [1.54, 1.807) is 0 Å². The minimum absolute atomic E-state index is 0.565. The predicted molar refractivity (Wildman–Crippen MR) is 78.2 cm³/mol. The third-order valence-corrected chi connectivity index (χ3v) is 4.76. The first-order valence-electron chi connectivity index (χ1n) is 7.32. The Morgan fingerprint density at radius 1 is 0.842 bits per heavy atom. The number of piperidine rings is 1. The van der Waals surface area contributed by atoms with Crippen LogP contribution in [0.15, 0.2) is 54.6 Å². The normalized spacial score (nSPS) is 28.7. The maximum absolute atomic E-state index is 3.74. The molecular formula is C18H19N. The summed E-state index contributed by atoms with van der Waals surface area (Å²) in [5.41, 5.74) is 4.55. The quantitative estimate of drug-likeness (QED) is 0.809. The Kier molecular flexibility index (Phi) is 2.66. The molecule has 2 aromatic carbocycles. The lowest BCUT2D eigenvalue weighted by Crippen LogP contribution is -2.32. The minimum atomic E-state index is 0.565. The molecule has 0 amide bonds. The van der Waals surface area contributed by atoms with Crippen molar-refractivity contribution < 1.29 is 0 Å². The second-order valence-corrected chi connectivity index (χ2v) is 5.76. The lowest BCUT2D eigenvalue weighted by Gasteiger charge is -2.31. The molecule has 0 saturated carbocycles. The minimum Gasteiger partial charge on any atom is -0.310 e. The van der Waals surface area contributed by atoms with Gasteiger partial charge in [0.05, 0.1) is 0 Å². The van der Waals surface area contributed by atoms with E-state index in [2.05, 4.69) is 59.9 Å². The fraction of sp³-hybridized carbons (Fsp3) is 0.333. The van der Waals surface area contributed by atoms with Crippen LogP contribution in [-0.4, -0.2) is 6.54 Å². The lowest BCUT2D eigenvalue weighted by molar-refractivity contribution is 0.287. The Labute approximate surface area is 114 Å². The van der Waals surface area contributed by atoms with Gasteiger partial charge in [0.1, 0.15) is 0 Å². The van der Waals surface area contributed by atoms with Crippen LogP contribution in [0.2, 0.25) is 0 Å². The lowest BCUT2D eigenvalue weighted by atomic mass is 9.80. The zero-order chi connectivity index (χ0) is 12.7. The summed E-state index contributed by atoms with van der Waals surface area (Å²) < 4.78 is 0. The van der Waals surface area contributed by atoms with Gasteiger partial charge in [-0.1, -0.05) is 54.6 Å². The molecule has 1 heteroatoms. The molecule has 4 rings (SSSR count). The second-order valence-electron chi connectivity index (χ2n) is 5.76. The van der Waals surface area contributed by atoms with Crippen LogP contribution in [0.3, 0.4) is 0 Å². The van der Waals surface area contributed by atoms with Crippen molar-refractivity contribution in [2.75, 3.05) is 6.54 Å². The molecule has 96 valence electrons. The SMILES string of the molecule is c1ccc([C@@H]2c3ccccc3[C@H]3NCCC[C@@H]23)cc1. The summed E-state index contributed by atoms with van der Waals surface area (Å²) in [6.07, 6.45) is 2.64. The zero-order valence-electron chi connectivity index (χ0n) is 11.0. The van der Waals surface area contributed by atoms with Crippen LogP contribution in [0.25, 0.3) is 0 Å². The van der Waals surface area contributed by atoms with Crippen LogP contribution in [-0.2, 0) is 0 Å². The topological polar surface area (TPSA) is 12.0 Å². The average molecular weight is 249 g/mol. The van der Waals surface area contributed by atoms with Crippen molar-refractivity contribution in [3.63, 3.8) is 0 Å². The Bertz CT molecular complexity index is 575. The summed E-state index contributed by atoms with van der Waals surface area (Å²) in [5, 5.41) is 3.74. The first-order valence-corrected chi connectivity index (χ1v) is 7.32. The Balaban J connectivity index is 1.85. The maximum atomic E-state index is 3.74. The van der Waals surface area contributed by atoms with Crippen molar-refractivity contribution >= 4 is 0 Å². The predicted octanol–water partition coefficient (Wildman–Crippen LogP) is 3.87.